The maximum absolute atomic E-state index is 13.2. The minimum Gasteiger partial charge on any atom is -0.481 e. The monoisotopic (exact) mass is 794 g/mol. The summed E-state index contributed by atoms with van der Waals surface area (Å²) < 4.78 is 15.5. The first-order valence-electron chi connectivity index (χ1n) is 19.5. The van der Waals surface area contributed by atoms with E-state index in [1.54, 1.807) is 51.3 Å². The number of hydrogen-bond donors (Lipinski definition) is 3. The highest BCUT2D eigenvalue weighted by Crippen LogP contribution is 2.35. The molecule has 4 amide bonds. The molecule has 57 heavy (non-hydrogen) atoms. The van der Waals surface area contributed by atoms with Gasteiger partial charge in [-0.05, 0) is 64.5 Å². The molecule has 0 radical (unpaired) electrons. The molecule has 6 atom stereocenters. The van der Waals surface area contributed by atoms with E-state index in [9.17, 15) is 33.9 Å². The quantitative estimate of drug-likeness (QED) is 0.196. The summed E-state index contributed by atoms with van der Waals surface area (Å²) in [4.78, 5) is 78.0. The molecule has 0 aromatic heterocycles. The van der Waals surface area contributed by atoms with Gasteiger partial charge in [-0.2, -0.15) is 0 Å². The summed E-state index contributed by atoms with van der Waals surface area (Å²) in [7, 11) is 1.36. The number of ether oxygens (including phenoxy) is 3. The smallest absolute Gasteiger partial charge is 0.408 e. The van der Waals surface area contributed by atoms with E-state index in [-0.39, 0.29) is 54.5 Å². The minimum absolute atomic E-state index is 0.118. The molecule has 2 saturated heterocycles. The number of carboxylic acid groups (broad SMARTS) is 1. The molecule has 0 saturated carbocycles. The molecule has 4 rings (SSSR count). The second-order valence-corrected chi connectivity index (χ2v) is 17.3. The Morgan fingerprint density at radius 3 is 1.28 bits per heavy atom. The Bertz CT molecular complexity index is 1690. The van der Waals surface area contributed by atoms with Crippen molar-refractivity contribution >= 4 is 35.9 Å². The summed E-state index contributed by atoms with van der Waals surface area (Å²) >= 11 is 0. The van der Waals surface area contributed by atoms with Crippen LogP contribution in [-0.4, -0.2) is 107 Å². The van der Waals surface area contributed by atoms with Gasteiger partial charge in [-0.15, -0.1) is 0 Å². The number of esters is 1. The topological polar surface area (TPSA) is 181 Å². The Kier molecular flexibility index (Phi) is 16.1. The third-order valence-electron chi connectivity index (χ3n) is 9.75. The van der Waals surface area contributed by atoms with Crippen LogP contribution in [0.15, 0.2) is 60.7 Å². The number of amides is 4. The van der Waals surface area contributed by atoms with Crippen LogP contribution in [0.4, 0.5) is 9.59 Å². The number of carboxylic acids is 1. The lowest BCUT2D eigenvalue weighted by molar-refractivity contribution is -0.146. The minimum atomic E-state index is -0.926. The first-order valence-corrected chi connectivity index (χ1v) is 19.5. The van der Waals surface area contributed by atoms with Crippen molar-refractivity contribution < 1.29 is 48.1 Å². The fourth-order valence-electron chi connectivity index (χ4n) is 6.97. The van der Waals surface area contributed by atoms with Crippen molar-refractivity contribution in [3.8, 4) is 0 Å². The predicted octanol–water partition coefficient (Wildman–Crippen LogP) is 5.81. The Hall–Kier alpha value is -5.14. The fraction of sp³-hybridized carbons (Fsp3) is 0.581. The first-order chi connectivity index (χ1) is 26.5. The Morgan fingerprint density at radius 2 is 0.965 bits per heavy atom. The normalized spacial score (nSPS) is 20.5. The molecule has 0 aliphatic carbocycles. The van der Waals surface area contributed by atoms with E-state index < -0.39 is 53.3 Å². The van der Waals surface area contributed by atoms with Crippen LogP contribution in [0.1, 0.15) is 92.2 Å². The molecule has 2 fully saturated rings. The van der Waals surface area contributed by atoms with E-state index in [0.717, 1.165) is 11.1 Å². The van der Waals surface area contributed by atoms with Crippen LogP contribution in [0, 0.1) is 23.7 Å². The molecular weight excluding hydrogens is 732 g/mol. The lowest BCUT2D eigenvalue weighted by Crippen LogP contribution is -2.51. The van der Waals surface area contributed by atoms with Crippen molar-refractivity contribution in [2.24, 2.45) is 23.7 Å². The van der Waals surface area contributed by atoms with E-state index in [1.807, 2.05) is 88.4 Å². The molecule has 314 valence electrons. The standard InChI is InChI=1S/C22H32N2O5.C21H30N2O5/c1-14(2)18(23-21(27)29-22(3,4)5)19(25)24-12-16(15-10-8-7-9-11-15)17(13-24)20(26)28-6;1-13(2)17(22-20(27)28-21(3,4)5)18(24)23-11-15(16(12-23)19(25)26)14-9-7-6-8-10-14/h7-11,14,16-18H,12-13H2,1-6H3,(H,23,27);6-10,13,15-17H,11-12H2,1-5H3,(H,22,27)(H,25,26)/t16-,17+,18+;15-,16+,17+/m11/s1. The summed E-state index contributed by atoms with van der Waals surface area (Å²) in [5, 5.41) is 15.0. The summed E-state index contributed by atoms with van der Waals surface area (Å²) in [6, 6.07) is 17.5. The SMILES string of the molecule is CC(C)[C@H](NC(=O)OC(C)(C)C)C(=O)N1C[C@H](C(=O)O)[C@@H](c2ccccc2)C1.COC(=O)[C@H]1CN(C(=O)[C@@H](NC(=O)OC(C)(C)C)C(C)C)C[C@@H]1c1ccccc1. The highest BCUT2D eigenvalue weighted by Gasteiger charge is 2.44. The number of benzene rings is 2. The molecule has 3 N–H and O–H groups in total. The third-order valence-corrected chi connectivity index (χ3v) is 9.75. The summed E-state index contributed by atoms with van der Waals surface area (Å²) in [5.41, 5.74) is 0.553. The Morgan fingerprint density at radius 1 is 0.614 bits per heavy atom. The maximum Gasteiger partial charge on any atom is 0.408 e. The van der Waals surface area contributed by atoms with Gasteiger partial charge in [0.15, 0.2) is 0 Å². The van der Waals surface area contributed by atoms with Gasteiger partial charge in [0.2, 0.25) is 11.8 Å². The number of aliphatic carboxylic acids is 1. The number of alkyl carbamates (subject to hydrolysis) is 2. The number of carbonyl (C=O) groups excluding carboxylic acids is 5. The van der Waals surface area contributed by atoms with Gasteiger partial charge in [0.25, 0.3) is 0 Å². The molecule has 2 aliphatic rings. The number of rotatable bonds is 10. The van der Waals surface area contributed by atoms with Crippen LogP contribution in [0.2, 0.25) is 0 Å². The zero-order valence-corrected chi connectivity index (χ0v) is 35.2. The highest BCUT2D eigenvalue weighted by atomic mass is 16.6. The van der Waals surface area contributed by atoms with E-state index in [2.05, 4.69) is 10.6 Å². The highest BCUT2D eigenvalue weighted by molar-refractivity contribution is 5.88. The molecule has 14 heteroatoms. The van der Waals surface area contributed by atoms with Crippen molar-refractivity contribution in [3.63, 3.8) is 0 Å². The van der Waals surface area contributed by atoms with Gasteiger partial charge >= 0.3 is 24.1 Å². The van der Waals surface area contributed by atoms with Crippen LogP contribution in [0.5, 0.6) is 0 Å². The molecule has 2 aromatic rings. The van der Waals surface area contributed by atoms with Gasteiger partial charge in [-0.1, -0.05) is 88.4 Å². The lowest BCUT2D eigenvalue weighted by Gasteiger charge is -2.28. The average molecular weight is 795 g/mol. The van der Waals surface area contributed by atoms with E-state index in [0.29, 0.717) is 13.1 Å². The van der Waals surface area contributed by atoms with Gasteiger partial charge in [0.1, 0.15) is 23.3 Å². The molecule has 0 spiro atoms. The number of carbonyl (C=O) groups is 6. The van der Waals surface area contributed by atoms with Crippen molar-refractivity contribution in [2.45, 2.75) is 104 Å². The molecule has 2 heterocycles. The van der Waals surface area contributed by atoms with Crippen molar-refractivity contribution in [1.29, 1.82) is 0 Å². The van der Waals surface area contributed by atoms with Crippen LogP contribution < -0.4 is 10.6 Å². The maximum atomic E-state index is 13.2. The first kappa shape index (κ1) is 46.2. The molecule has 0 bridgehead atoms. The predicted molar refractivity (Wildman–Crippen MR) is 214 cm³/mol. The zero-order chi connectivity index (χ0) is 42.8. The number of hydrogen-bond acceptors (Lipinski definition) is 9. The second kappa shape index (κ2) is 19.8. The summed E-state index contributed by atoms with van der Waals surface area (Å²) in [5.74, 6) is -3.63. The van der Waals surface area contributed by atoms with Crippen molar-refractivity contribution in [1.82, 2.24) is 20.4 Å². The largest absolute Gasteiger partial charge is 0.481 e. The van der Waals surface area contributed by atoms with Gasteiger partial charge in [0, 0.05) is 38.0 Å². The van der Waals surface area contributed by atoms with Crippen molar-refractivity contribution in [2.75, 3.05) is 33.3 Å². The van der Waals surface area contributed by atoms with E-state index >= 15 is 0 Å². The number of likely N-dealkylation sites (tertiary alicyclic amines) is 2. The molecular formula is C43H62N4O10. The third kappa shape index (κ3) is 13.5. The Balaban J connectivity index is 0.000000306. The number of methoxy groups -OCH3 is 1. The van der Waals surface area contributed by atoms with Gasteiger partial charge in [-0.25, -0.2) is 9.59 Å². The number of nitrogens with one attached hydrogen (secondary N) is 2. The lowest BCUT2D eigenvalue weighted by atomic mass is 9.89. The van der Waals surface area contributed by atoms with E-state index in [4.69, 9.17) is 14.2 Å². The average Bonchev–Trinajstić information content (AvgIpc) is 3.78. The van der Waals surface area contributed by atoms with Gasteiger partial charge in [-0.3, -0.25) is 19.2 Å². The fourth-order valence-corrected chi connectivity index (χ4v) is 6.97. The second-order valence-electron chi connectivity index (χ2n) is 17.3. The van der Waals surface area contributed by atoms with Crippen molar-refractivity contribution in [3.05, 3.63) is 71.8 Å². The zero-order valence-electron chi connectivity index (χ0n) is 35.2. The van der Waals surface area contributed by atoms with Crippen LogP contribution in [-0.2, 0) is 33.4 Å². The summed E-state index contributed by atoms with van der Waals surface area (Å²) in [6.07, 6.45) is -1.29. The molecule has 2 aromatic carbocycles. The Labute approximate surface area is 337 Å². The van der Waals surface area contributed by atoms with E-state index in [1.165, 1.54) is 7.11 Å². The van der Waals surface area contributed by atoms with Crippen LogP contribution in [0.25, 0.3) is 0 Å². The van der Waals surface area contributed by atoms with Crippen LogP contribution >= 0.6 is 0 Å². The molecule has 2 aliphatic heterocycles. The molecule has 0 unspecified atom stereocenters. The van der Waals surface area contributed by atoms with Crippen LogP contribution in [0.3, 0.4) is 0 Å². The van der Waals surface area contributed by atoms with Gasteiger partial charge < -0.3 is 39.8 Å². The molecule has 14 nitrogen and oxygen atoms in total. The van der Waals surface area contributed by atoms with Gasteiger partial charge in [0.05, 0.1) is 18.9 Å². The number of nitrogens with zero attached hydrogens (tertiary/aromatic N) is 2. The summed E-state index contributed by atoms with van der Waals surface area (Å²) in [6.45, 7) is 19.0.